The maximum absolute atomic E-state index is 12.2. The lowest BCUT2D eigenvalue weighted by Gasteiger charge is -2.19. The first-order valence-corrected chi connectivity index (χ1v) is 8.69. The molecule has 3 aromatic rings. The number of aromatic amines is 1. The molecule has 3 heterocycles. The number of hydrogen-bond donors (Lipinski definition) is 3. The summed E-state index contributed by atoms with van der Waals surface area (Å²) in [6.45, 7) is 8.20. The molecule has 0 unspecified atom stereocenters. The third kappa shape index (κ3) is 4.30. The van der Waals surface area contributed by atoms with Gasteiger partial charge in [0.1, 0.15) is 11.2 Å². The molecule has 0 aliphatic heterocycles. The van der Waals surface area contributed by atoms with E-state index < -0.39 is 0 Å². The van der Waals surface area contributed by atoms with E-state index in [2.05, 4.69) is 30.7 Å². The van der Waals surface area contributed by atoms with Crippen LogP contribution in [0.5, 0.6) is 0 Å². The van der Waals surface area contributed by atoms with Crippen molar-refractivity contribution < 1.29 is 4.79 Å². The van der Waals surface area contributed by atoms with E-state index in [1.54, 1.807) is 16.9 Å². The van der Waals surface area contributed by atoms with Crippen molar-refractivity contribution >= 4 is 28.7 Å². The number of carbonyl (C=O) groups is 1. The topological polar surface area (TPSA) is 118 Å². The van der Waals surface area contributed by atoms with Gasteiger partial charge in [0.15, 0.2) is 5.65 Å². The molecule has 1 amide bonds. The van der Waals surface area contributed by atoms with Gasteiger partial charge in [-0.05, 0) is 39.3 Å². The zero-order chi connectivity index (χ0) is 19.6. The van der Waals surface area contributed by atoms with E-state index in [1.165, 1.54) is 6.20 Å². The Kier molecular flexibility index (Phi) is 4.93. The third-order valence-corrected chi connectivity index (χ3v) is 3.90. The minimum atomic E-state index is -0.305. The molecule has 0 aromatic carbocycles. The van der Waals surface area contributed by atoms with Gasteiger partial charge in [-0.25, -0.2) is 9.67 Å². The van der Waals surface area contributed by atoms with E-state index in [9.17, 15) is 9.59 Å². The number of aromatic nitrogens is 5. The fraction of sp³-hybridized carbons (Fsp3) is 0.389. The summed E-state index contributed by atoms with van der Waals surface area (Å²) in [7, 11) is 0. The molecular formula is C18H23N7O2. The molecule has 3 rings (SSSR count). The maximum Gasteiger partial charge on any atom is 0.263 e. The van der Waals surface area contributed by atoms with Crippen LogP contribution in [0.4, 0.5) is 11.8 Å². The average Bonchev–Trinajstić information content (AvgIpc) is 3.02. The number of aryl methyl sites for hydroxylation is 1. The van der Waals surface area contributed by atoms with Crippen LogP contribution in [0.25, 0.3) is 11.0 Å². The highest BCUT2D eigenvalue weighted by Crippen LogP contribution is 2.18. The smallest absolute Gasteiger partial charge is 0.263 e. The Bertz CT molecular complexity index is 1010. The first-order valence-electron chi connectivity index (χ1n) is 8.69. The lowest BCUT2D eigenvalue weighted by Crippen LogP contribution is -2.24. The zero-order valence-corrected chi connectivity index (χ0v) is 15.8. The molecule has 0 fully saturated rings. The van der Waals surface area contributed by atoms with Gasteiger partial charge in [-0.1, -0.05) is 6.07 Å². The maximum atomic E-state index is 12.2. The van der Waals surface area contributed by atoms with Crippen LogP contribution in [0.1, 0.15) is 32.8 Å². The Hall–Kier alpha value is -3.23. The number of carbonyl (C=O) groups excluding carboxylic acids is 1. The predicted molar refractivity (Wildman–Crippen MR) is 104 cm³/mol. The van der Waals surface area contributed by atoms with E-state index in [0.717, 1.165) is 5.56 Å². The van der Waals surface area contributed by atoms with Crippen LogP contribution in [0, 0.1) is 6.92 Å². The summed E-state index contributed by atoms with van der Waals surface area (Å²) in [6.07, 6.45) is 3.41. The highest BCUT2D eigenvalue weighted by molar-refractivity contribution is 5.90. The summed E-state index contributed by atoms with van der Waals surface area (Å²) in [4.78, 5) is 35.5. The Labute approximate surface area is 156 Å². The van der Waals surface area contributed by atoms with Crippen molar-refractivity contribution in [2.75, 3.05) is 17.2 Å². The summed E-state index contributed by atoms with van der Waals surface area (Å²) in [6, 6.07) is 3.63. The summed E-state index contributed by atoms with van der Waals surface area (Å²) in [5.41, 5.74) is 0.948. The SMILES string of the molecule is Cc1ccc(NC(=O)CCNc2nc3c(cnn3C(C)(C)C)c(=O)[nH]2)nc1. The molecule has 27 heavy (non-hydrogen) atoms. The molecule has 0 bridgehead atoms. The molecule has 3 N–H and O–H groups in total. The Morgan fingerprint density at radius 3 is 2.70 bits per heavy atom. The van der Waals surface area contributed by atoms with Crippen LogP contribution >= 0.6 is 0 Å². The van der Waals surface area contributed by atoms with Crippen LogP contribution in [0.15, 0.2) is 29.3 Å². The Morgan fingerprint density at radius 1 is 1.26 bits per heavy atom. The standard InChI is InChI=1S/C18H23N7O2/c1-11-5-6-13(20-9-11)22-14(26)7-8-19-17-23-15-12(16(27)24-17)10-21-25(15)18(2,3)4/h5-6,9-10H,7-8H2,1-4H3,(H,20,22,26)(H2,19,23,24,27). The van der Waals surface area contributed by atoms with Crippen molar-refractivity contribution in [1.29, 1.82) is 0 Å². The highest BCUT2D eigenvalue weighted by atomic mass is 16.1. The number of pyridine rings is 1. The van der Waals surface area contributed by atoms with Crippen molar-refractivity contribution in [3.8, 4) is 0 Å². The van der Waals surface area contributed by atoms with Crippen molar-refractivity contribution in [3.63, 3.8) is 0 Å². The van der Waals surface area contributed by atoms with Crippen LogP contribution in [-0.2, 0) is 10.3 Å². The van der Waals surface area contributed by atoms with E-state index in [1.807, 2.05) is 33.8 Å². The van der Waals surface area contributed by atoms with Crippen LogP contribution < -0.4 is 16.2 Å². The quantitative estimate of drug-likeness (QED) is 0.633. The van der Waals surface area contributed by atoms with Gasteiger partial charge in [0.2, 0.25) is 11.9 Å². The van der Waals surface area contributed by atoms with Gasteiger partial charge in [0.05, 0.1) is 11.7 Å². The Morgan fingerprint density at radius 2 is 2.04 bits per heavy atom. The molecule has 0 aliphatic rings. The molecule has 0 saturated carbocycles. The average molecular weight is 369 g/mol. The molecule has 0 saturated heterocycles. The molecule has 0 atom stereocenters. The number of nitrogens with zero attached hydrogens (tertiary/aromatic N) is 4. The van der Waals surface area contributed by atoms with Gasteiger partial charge in [-0.3, -0.25) is 14.6 Å². The number of anilines is 2. The van der Waals surface area contributed by atoms with Crippen LogP contribution in [-0.4, -0.2) is 37.2 Å². The fourth-order valence-corrected chi connectivity index (χ4v) is 2.53. The molecule has 142 valence electrons. The van der Waals surface area contributed by atoms with E-state index in [-0.39, 0.29) is 23.4 Å². The third-order valence-electron chi connectivity index (χ3n) is 3.90. The lowest BCUT2D eigenvalue weighted by atomic mass is 10.1. The van der Waals surface area contributed by atoms with E-state index in [0.29, 0.717) is 29.3 Å². The largest absolute Gasteiger partial charge is 0.355 e. The molecule has 3 aromatic heterocycles. The molecule has 0 spiro atoms. The number of amides is 1. The van der Waals surface area contributed by atoms with Gasteiger partial charge in [-0.2, -0.15) is 10.1 Å². The second-order valence-electron chi connectivity index (χ2n) is 7.32. The highest BCUT2D eigenvalue weighted by Gasteiger charge is 2.19. The molecule has 9 heteroatoms. The first kappa shape index (κ1) is 18.6. The number of nitrogens with one attached hydrogen (secondary N) is 3. The summed E-state index contributed by atoms with van der Waals surface area (Å²) in [5.74, 6) is 0.634. The summed E-state index contributed by atoms with van der Waals surface area (Å²) in [5, 5.41) is 10.4. The normalized spacial score (nSPS) is 11.6. The van der Waals surface area contributed by atoms with Gasteiger partial charge in [0, 0.05) is 19.2 Å². The van der Waals surface area contributed by atoms with Crippen LogP contribution in [0.2, 0.25) is 0 Å². The number of H-pyrrole nitrogens is 1. The Balaban J connectivity index is 1.65. The predicted octanol–water partition coefficient (Wildman–Crippen LogP) is 2.02. The number of rotatable bonds is 5. The van der Waals surface area contributed by atoms with Crippen molar-refractivity contribution in [1.82, 2.24) is 24.7 Å². The zero-order valence-electron chi connectivity index (χ0n) is 15.8. The van der Waals surface area contributed by atoms with Crippen molar-refractivity contribution in [3.05, 3.63) is 40.4 Å². The second kappa shape index (κ2) is 7.18. The van der Waals surface area contributed by atoms with Gasteiger partial charge >= 0.3 is 0 Å². The monoisotopic (exact) mass is 369 g/mol. The first-order chi connectivity index (χ1) is 12.7. The number of fused-ring (bicyclic) bond motifs is 1. The number of hydrogen-bond acceptors (Lipinski definition) is 6. The summed E-state index contributed by atoms with van der Waals surface area (Å²) >= 11 is 0. The molecule has 0 aliphatic carbocycles. The second-order valence-corrected chi connectivity index (χ2v) is 7.32. The fourth-order valence-electron chi connectivity index (χ4n) is 2.53. The molecule has 9 nitrogen and oxygen atoms in total. The van der Waals surface area contributed by atoms with Crippen molar-refractivity contribution in [2.45, 2.75) is 39.7 Å². The minimum absolute atomic E-state index is 0.179. The van der Waals surface area contributed by atoms with Gasteiger partial charge < -0.3 is 10.6 Å². The summed E-state index contributed by atoms with van der Waals surface area (Å²) < 4.78 is 1.71. The van der Waals surface area contributed by atoms with Gasteiger partial charge in [0.25, 0.3) is 5.56 Å². The van der Waals surface area contributed by atoms with E-state index in [4.69, 9.17) is 0 Å². The minimum Gasteiger partial charge on any atom is -0.355 e. The van der Waals surface area contributed by atoms with Crippen LogP contribution in [0.3, 0.4) is 0 Å². The lowest BCUT2D eigenvalue weighted by molar-refractivity contribution is -0.116. The van der Waals surface area contributed by atoms with E-state index >= 15 is 0 Å². The van der Waals surface area contributed by atoms with Crippen molar-refractivity contribution in [2.24, 2.45) is 0 Å². The molecule has 0 radical (unpaired) electrons. The molecular weight excluding hydrogens is 346 g/mol. The van der Waals surface area contributed by atoms with Gasteiger partial charge in [-0.15, -0.1) is 0 Å².